The lowest BCUT2D eigenvalue weighted by Crippen LogP contribution is -2.39. The van der Waals surface area contributed by atoms with Gasteiger partial charge in [0, 0.05) is 24.8 Å². The van der Waals surface area contributed by atoms with Crippen molar-refractivity contribution in [2.24, 2.45) is 28.6 Å². The van der Waals surface area contributed by atoms with E-state index >= 15 is 0 Å². The van der Waals surface area contributed by atoms with Gasteiger partial charge in [0.05, 0.1) is 12.2 Å². The van der Waals surface area contributed by atoms with Crippen LogP contribution in [0.4, 0.5) is 0 Å². The summed E-state index contributed by atoms with van der Waals surface area (Å²) < 4.78 is 6.04. The van der Waals surface area contributed by atoms with Crippen molar-refractivity contribution in [3.05, 3.63) is 0 Å². The van der Waals surface area contributed by atoms with Crippen LogP contribution in [0.3, 0.4) is 0 Å². The van der Waals surface area contributed by atoms with Crippen LogP contribution in [0.2, 0.25) is 0 Å². The molecule has 0 aliphatic heterocycles. The van der Waals surface area contributed by atoms with Gasteiger partial charge in [0.1, 0.15) is 12.1 Å². The molecule has 2 unspecified atom stereocenters. The quantitative estimate of drug-likeness (QED) is 0.277. The molecule has 4 heteroatoms. The normalized spacial score (nSPS) is 14.0. The predicted molar refractivity (Wildman–Crippen MR) is 141 cm³/mol. The Labute approximate surface area is 202 Å². The number of hydrogen-bond acceptors (Lipinski definition) is 4. The summed E-state index contributed by atoms with van der Waals surface area (Å²) in [5, 5.41) is 3.15. The smallest absolute Gasteiger partial charge is 0.136 e. The lowest BCUT2D eigenvalue weighted by molar-refractivity contribution is -0.128. The van der Waals surface area contributed by atoms with Crippen molar-refractivity contribution >= 4 is 12.1 Å². The van der Waals surface area contributed by atoms with Crippen LogP contribution in [-0.4, -0.2) is 37.9 Å². The lowest BCUT2D eigenvalue weighted by Gasteiger charge is -2.34. The number of Topliss-reactive ketones (excluding diaryl/α,β-unsaturated/α-hetero) is 1. The second-order valence-electron chi connectivity index (χ2n) is 11.5. The van der Waals surface area contributed by atoms with Crippen molar-refractivity contribution in [2.75, 3.05) is 20.2 Å². The third-order valence-corrected chi connectivity index (χ3v) is 6.03. The number of ketones is 1. The summed E-state index contributed by atoms with van der Waals surface area (Å²) in [5.41, 5.74) is -0.136. The second kappa shape index (κ2) is 17.7. The first-order chi connectivity index (χ1) is 14.5. The highest BCUT2D eigenvalue weighted by Gasteiger charge is 2.32. The van der Waals surface area contributed by atoms with Gasteiger partial charge in [0.2, 0.25) is 0 Å². The van der Waals surface area contributed by atoms with Crippen molar-refractivity contribution in [2.45, 2.75) is 121 Å². The van der Waals surface area contributed by atoms with Gasteiger partial charge in [-0.15, -0.1) is 0 Å². The molecule has 0 saturated heterocycles. The van der Waals surface area contributed by atoms with Crippen LogP contribution in [0.5, 0.6) is 0 Å². The van der Waals surface area contributed by atoms with E-state index in [9.17, 15) is 9.59 Å². The van der Waals surface area contributed by atoms with Crippen LogP contribution >= 0.6 is 0 Å². The van der Waals surface area contributed by atoms with Crippen molar-refractivity contribution in [1.29, 1.82) is 0 Å². The molecule has 0 aromatic carbocycles. The Hall–Kier alpha value is -0.740. The van der Waals surface area contributed by atoms with Gasteiger partial charge >= 0.3 is 0 Å². The van der Waals surface area contributed by atoms with E-state index < -0.39 is 0 Å². The minimum atomic E-state index is -0.208. The Bertz CT molecular complexity index is 481. The van der Waals surface area contributed by atoms with Gasteiger partial charge in [0.25, 0.3) is 0 Å². The number of carbonyl (C=O) groups excluding carboxylic acids is 2. The van der Waals surface area contributed by atoms with Gasteiger partial charge in [0.15, 0.2) is 0 Å². The zero-order valence-corrected chi connectivity index (χ0v) is 24.3. The largest absolute Gasteiger partial charge is 0.374 e. The number of hydrogen-bond donors (Lipinski definition) is 1. The molecular formula is C28H59NO3. The molecule has 0 aromatic rings. The minimum absolute atomic E-state index is 0.108. The minimum Gasteiger partial charge on any atom is -0.374 e. The van der Waals surface area contributed by atoms with Crippen molar-refractivity contribution in [3.8, 4) is 0 Å². The number of aldehydes is 1. The van der Waals surface area contributed by atoms with E-state index in [1.54, 1.807) is 0 Å². The zero-order chi connectivity index (χ0) is 26.2. The molecular weight excluding hydrogens is 398 g/mol. The molecule has 4 nitrogen and oxygen atoms in total. The Morgan fingerprint density at radius 1 is 1.00 bits per heavy atom. The monoisotopic (exact) mass is 457 g/mol. The Morgan fingerprint density at radius 3 is 1.84 bits per heavy atom. The average molecular weight is 458 g/mol. The van der Waals surface area contributed by atoms with Crippen molar-refractivity contribution < 1.29 is 14.3 Å². The van der Waals surface area contributed by atoms with Crippen LogP contribution < -0.4 is 5.32 Å². The average Bonchev–Trinajstić information content (AvgIpc) is 2.68. The van der Waals surface area contributed by atoms with E-state index in [2.05, 4.69) is 74.6 Å². The van der Waals surface area contributed by atoms with Gasteiger partial charge in [-0.2, -0.15) is 0 Å². The van der Waals surface area contributed by atoms with E-state index in [1.165, 1.54) is 0 Å². The fourth-order valence-corrected chi connectivity index (χ4v) is 3.23. The second-order valence-corrected chi connectivity index (χ2v) is 11.5. The van der Waals surface area contributed by atoms with E-state index in [0.29, 0.717) is 24.7 Å². The lowest BCUT2D eigenvalue weighted by atomic mass is 9.72. The van der Waals surface area contributed by atoms with Crippen LogP contribution in [0.15, 0.2) is 0 Å². The third kappa shape index (κ3) is 18.8. The molecule has 0 aromatic heterocycles. The molecule has 0 radical (unpaired) electrons. The van der Waals surface area contributed by atoms with E-state index in [1.807, 2.05) is 27.8 Å². The maximum Gasteiger partial charge on any atom is 0.136 e. The van der Waals surface area contributed by atoms with Gasteiger partial charge in [-0.05, 0) is 50.5 Å². The molecule has 0 spiro atoms. The highest BCUT2D eigenvalue weighted by atomic mass is 16.5. The van der Waals surface area contributed by atoms with Gasteiger partial charge < -0.3 is 14.8 Å². The van der Waals surface area contributed by atoms with Crippen LogP contribution in [0.25, 0.3) is 0 Å². The maximum absolute atomic E-state index is 12.6. The van der Waals surface area contributed by atoms with Gasteiger partial charge in [-0.3, -0.25) is 4.79 Å². The summed E-state index contributed by atoms with van der Waals surface area (Å²) in [6.07, 6.45) is 4.68. The third-order valence-electron chi connectivity index (χ3n) is 6.03. The summed E-state index contributed by atoms with van der Waals surface area (Å²) in [7, 11) is 1.93. The van der Waals surface area contributed by atoms with E-state index in [0.717, 1.165) is 32.1 Å². The molecule has 0 aliphatic carbocycles. The van der Waals surface area contributed by atoms with Gasteiger partial charge in [-0.1, -0.05) is 82.6 Å². The first-order valence-corrected chi connectivity index (χ1v) is 12.8. The maximum atomic E-state index is 12.6. The number of nitrogens with one attached hydrogen (secondary N) is 1. The van der Waals surface area contributed by atoms with Crippen molar-refractivity contribution in [1.82, 2.24) is 5.32 Å². The SMILES string of the molecule is CC.CCCC(C)C=O.CNCC(C)(C)OCC(C)(C)CC(=O)C(C)CC(C)(C)C(C)C. The summed E-state index contributed by atoms with van der Waals surface area (Å²) in [6, 6.07) is 0. The molecule has 0 aliphatic rings. The van der Waals surface area contributed by atoms with Gasteiger partial charge in [-0.25, -0.2) is 0 Å². The summed E-state index contributed by atoms with van der Waals surface area (Å²) in [5.74, 6) is 1.32. The predicted octanol–water partition coefficient (Wildman–Crippen LogP) is 7.34. The van der Waals surface area contributed by atoms with E-state index in [4.69, 9.17) is 4.74 Å². The van der Waals surface area contributed by atoms with E-state index in [-0.39, 0.29) is 28.3 Å². The molecule has 2 atom stereocenters. The molecule has 0 saturated carbocycles. The Kier molecular flexibility index (Phi) is 19.8. The molecule has 0 fully saturated rings. The number of rotatable bonds is 14. The number of likely N-dealkylation sites (N-methyl/N-ethyl adjacent to an activating group) is 1. The standard InChI is InChI=1S/C20H41NO2.C6H12O.C2H6/c1-15(2)19(6,7)11-16(3)17(22)12-18(4,5)14-23-20(8,9)13-21-10;1-3-4-6(2)5-7;1-2/h15-16,21H,11-14H2,1-10H3;5-6H,3-4H2,1-2H3;1-2H3. The topological polar surface area (TPSA) is 55.4 Å². The highest BCUT2D eigenvalue weighted by Crippen LogP contribution is 2.35. The number of ether oxygens (including phenoxy) is 1. The summed E-state index contributed by atoms with van der Waals surface area (Å²) >= 11 is 0. The van der Waals surface area contributed by atoms with Crippen LogP contribution in [0.1, 0.15) is 116 Å². The molecule has 0 heterocycles. The Morgan fingerprint density at radius 2 is 1.50 bits per heavy atom. The molecule has 0 rings (SSSR count). The zero-order valence-electron chi connectivity index (χ0n) is 24.3. The van der Waals surface area contributed by atoms with Crippen LogP contribution in [-0.2, 0) is 14.3 Å². The molecule has 0 bridgehead atoms. The molecule has 1 N–H and O–H groups in total. The number of carbonyl (C=O) groups is 2. The fraction of sp³-hybridized carbons (Fsp3) is 0.929. The highest BCUT2D eigenvalue weighted by molar-refractivity contribution is 5.81. The summed E-state index contributed by atoms with van der Waals surface area (Å²) in [4.78, 5) is 22.5. The molecule has 32 heavy (non-hydrogen) atoms. The van der Waals surface area contributed by atoms with Crippen molar-refractivity contribution in [3.63, 3.8) is 0 Å². The fourth-order valence-electron chi connectivity index (χ4n) is 3.23. The van der Waals surface area contributed by atoms with Crippen LogP contribution in [0, 0.1) is 28.6 Å². The first-order valence-electron chi connectivity index (χ1n) is 12.8. The summed E-state index contributed by atoms with van der Waals surface area (Å²) in [6.45, 7) is 28.9. The Balaban J connectivity index is -0.000000788. The first kappa shape index (κ1) is 35.8. The molecule has 194 valence electrons. The molecule has 0 amide bonds.